The summed E-state index contributed by atoms with van der Waals surface area (Å²) in [5, 5.41) is 0. The van der Waals surface area contributed by atoms with Gasteiger partial charge in [-0.15, -0.1) is 0 Å². The Hall–Kier alpha value is -3.07. The number of hydrogen-bond donors (Lipinski definition) is 0. The van der Waals surface area contributed by atoms with Gasteiger partial charge in [-0.05, 0) is 29.2 Å². The van der Waals surface area contributed by atoms with Gasteiger partial charge in [0.15, 0.2) is 0 Å². The molecule has 3 aromatic rings. The third-order valence-electron chi connectivity index (χ3n) is 4.95. The number of rotatable bonds is 2. The molecule has 25 heavy (non-hydrogen) atoms. The van der Waals surface area contributed by atoms with E-state index in [2.05, 4.69) is 70.6 Å². The molecule has 0 N–H and O–H groups in total. The van der Waals surface area contributed by atoms with Crippen LogP contribution in [0, 0.1) is 0 Å². The van der Waals surface area contributed by atoms with Crippen LogP contribution in [0.1, 0.15) is 29.0 Å². The van der Waals surface area contributed by atoms with E-state index in [9.17, 15) is 0 Å². The third-order valence-corrected chi connectivity index (χ3v) is 4.95. The maximum atomic E-state index is 4.77. The first-order chi connectivity index (χ1) is 12.4. The van der Waals surface area contributed by atoms with Crippen LogP contribution in [0.3, 0.4) is 0 Å². The first-order valence-corrected chi connectivity index (χ1v) is 8.63. The van der Waals surface area contributed by atoms with E-state index in [-0.39, 0.29) is 0 Å². The second-order valence-electron chi connectivity index (χ2n) is 6.51. The lowest BCUT2D eigenvalue weighted by Gasteiger charge is -2.27. The number of allylic oxidation sites excluding steroid dienone is 2. The third kappa shape index (κ3) is 2.49. The van der Waals surface area contributed by atoms with Crippen LogP contribution in [-0.4, -0.2) is 15.7 Å². The van der Waals surface area contributed by atoms with Gasteiger partial charge in [-0.2, -0.15) is 0 Å². The Bertz CT molecular complexity index is 1000. The number of aliphatic imine (C=N–C) groups is 1. The SMILES string of the molecule is C1=CC(=Nc2ncc3c(n2)-c2ccccc2C(c2ccccc2)C3)C1. The van der Waals surface area contributed by atoms with E-state index >= 15 is 0 Å². The Labute approximate surface area is 146 Å². The molecule has 1 atom stereocenters. The summed E-state index contributed by atoms with van der Waals surface area (Å²) in [7, 11) is 0. The number of fused-ring (bicyclic) bond motifs is 3. The second-order valence-corrected chi connectivity index (χ2v) is 6.51. The fourth-order valence-electron chi connectivity index (χ4n) is 3.60. The lowest BCUT2D eigenvalue weighted by molar-refractivity contribution is 0.782. The van der Waals surface area contributed by atoms with Crippen molar-refractivity contribution in [1.29, 1.82) is 0 Å². The molecule has 0 bridgehead atoms. The van der Waals surface area contributed by atoms with Gasteiger partial charge in [0.2, 0.25) is 5.95 Å². The van der Waals surface area contributed by atoms with Crippen molar-refractivity contribution in [3.63, 3.8) is 0 Å². The summed E-state index contributed by atoms with van der Waals surface area (Å²) in [6.07, 6.45) is 7.90. The number of hydrogen-bond acceptors (Lipinski definition) is 3. The summed E-state index contributed by atoms with van der Waals surface area (Å²) >= 11 is 0. The molecule has 2 aromatic carbocycles. The average molecular weight is 323 g/mol. The molecule has 0 amide bonds. The summed E-state index contributed by atoms with van der Waals surface area (Å²) in [5.41, 5.74) is 7.14. The molecule has 3 nitrogen and oxygen atoms in total. The standard InChI is InChI=1S/C22H17N3/c1-2-7-15(8-3-1)20-13-16-14-23-22(24-17-9-6-10-17)25-21(16)19-12-5-4-11-18(19)20/h1-9,11-12,14,20H,10,13H2. The molecule has 3 heteroatoms. The Balaban J connectivity index is 1.63. The van der Waals surface area contributed by atoms with Crippen LogP contribution in [0.5, 0.6) is 0 Å². The first-order valence-electron chi connectivity index (χ1n) is 8.63. The molecule has 1 aromatic heterocycles. The fraction of sp³-hybridized carbons (Fsp3) is 0.136. The minimum atomic E-state index is 0.347. The molecule has 5 rings (SSSR count). The predicted octanol–water partition coefficient (Wildman–Crippen LogP) is 4.86. The van der Waals surface area contributed by atoms with Gasteiger partial charge in [-0.3, -0.25) is 0 Å². The molecule has 0 fully saturated rings. The minimum absolute atomic E-state index is 0.347. The Kier molecular flexibility index (Phi) is 3.30. The highest BCUT2D eigenvalue weighted by Gasteiger charge is 2.27. The van der Waals surface area contributed by atoms with Gasteiger partial charge in [0.1, 0.15) is 0 Å². The molecule has 2 aliphatic rings. The highest BCUT2D eigenvalue weighted by Crippen LogP contribution is 2.41. The maximum Gasteiger partial charge on any atom is 0.250 e. The van der Waals surface area contributed by atoms with Gasteiger partial charge < -0.3 is 0 Å². The van der Waals surface area contributed by atoms with E-state index in [4.69, 9.17) is 4.98 Å². The molecule has 0 aliphatic heterocycles. The van der Waals surface area contributed by atoms with E-state index in [1.807, 2.05) is 12.3 Å². The lowest BCUT2D eigenvalue weighted by Crippen LogP contribution is -2.14. The van der Waals surface area contributed by atoms with Crippen molar-refractivity contribution in [1.82, 2.24) is 9.97 Å². The lowest BCUT2D eigenvalue weighted by atomic mass is 9.78. The fourth-order valence-corrected chi connectivity index (χ4v) is 3.60. The highest BCUT2D eigenvalue weighted by molar-refractivity contribution is 6.02. The van der Waals surface area contributed by atoms with E-state index in [1.54, 1.807) is 0 Å². The number of benzene rings is 2. The average Bonchev–Trinajstić information content (AvgIpc) is 2.65. The van der Waals surface area contributed by atoms with E-state index in [1.165, 1.54) is 22.3 Å². The summed E-state index contributed by atoms with van der Waals surface area (Å²) in [6.45, 7) is 0. The number of aromatic nitrogens is 2. The molecule has 0 saturated carbocycles. The zero-order valence-electron chi connectivity index (χ0n) is 13.8. The largest absolute Gasteiger partial charge is 0.250 e. The van der Waals surface area contributed by atoms with E-state index in [0.29, 0.717) is 11.9 Å². The van der Waals surface area contributed by atoms with Gasteiger partial charge in [-0.1, -0.05) is 60.7 Å². The zero-order valence-corrected chi connectivity index (χ0v) is 13.8. The Morgan fingerprint density at radius 1 is 0.960 bits per heavy atom. The van der Waals surface area contributed by atoms with Crippen molar-refractivity contribution in [2.75, 3.05) is 0 Å². The van der Waals surface area contributed by atoms with Crippen molar-refractivity contribution in [2.45, 2.75) is 18.8 Å². The monoisotopic (exact) mass is 323 g/mol. The minimum Gasteiger partial charge on any atom is -0.219 e. The predicted molar refractivity (Wildman–Crippen MR) is 100 cm³/mol. The number of nitrogens with zero attached hydrogens (tertiary/aromatic N) is 3. The van der Waals surface area contributed by atoms with Crippen LogP contribution in [0.2, 0.25) is 0 Å². The van der Waals surface area contributed by atoms with Crippen molar-refractivity contribution in [3.05, 3.63) is 89.6 Å². The van der Waals surface area contributed by atoms with Gasteiger partial charge in [-0.25, -0.2) is 15.0 Å². The van der Waals surface area contributed by atoms with Crippen LogP contribution in [-0.2, 0) is 6.42 Å². The molecule has 0 saturated heterocycles. The van der Waals surface area contributed by atoms with Gasteiger partial charge in [0, 0.05) is 29.8 Å². The Morgan fingerprint density at radius 2 is 1.76 bits per heavy atom. The smallest absolute Gasteiger partial charge is 0.219 e. The van der Waals surface area contributed by atoms with Crippen LogP contribution >= 0.6 is 0 Å². The molecule has 2 aliphatic carbocycles. The topological polar surface area (TPSA) is 38.1 Å². The molecular weight excluding hydrogens is 306 g/mol. The zero-order chi connectivity index (χ0) is 16.6. The molecule has 1 heterocycles. The molecule has 1 unspecified atom stereocenters. The van der Waals surface area contributed by atoms with Crippen molar-refractivity contribution < 1.29 is 0 Å². The first kappa shape index (κ1) is 14.3. The summed E-state index contributed by atoms with van der Waals surface area (Å²) in [4.78, 5) is 13.8. The van der Waals surface area contributed by atoms with Crippen LogP contribution in [0.4, 0.5) is 5.95 Å². The molecule has 0 spiro atoms. The summed E-state index contributed by atoms with van der Waals surface area (Å²) < 4.78 is 0. The van der Waals surface area contributed by atoms with E-state index < -0.39 is 0 Å². The highest BCUT2D eigenvalue weighted by atomic mass is 15.0. The summed E-state index contributed by atoms with van der Waals surface area (Å²) in [5.74, 6) is 0.909. The maximum absolute atomic E-state index is 4.77. The molecule has 0 radical (unpaired) electrons. The van der Waals surface area contributed by atoms with Crippen molar-refractivity contribution in [3.8, 4) is 11.3 Å². The summed E-state index contributed by atoms with van der Waals surface area (Å²) in [6, 6.07) is 19.3. The van der Waals surface area contributed by atoms with Gasteiger partial charge in [0.05, 0.1) is 5.69 Å². The van der Waals surface area contributed by atoms with Crippen LogP contribution in [0.25, 0.3) is 11.3 Å². The van der Waals surface area contributed by atoms with Crippen molar-refractivity contribution >= 4 is 11.7 Å². The molecular formula is C22H17N3. The normalized spacial score (nSPS) is 19.2. The van der Waals surface area contributed by atoms with Gasteiger partial charge >= 0.3 is 0 Å². The van der Waals surface area contributed by atoms with Crippen LogP contribution < -0.4 is 0 Å². The molecule has 120 valence electrons. The quantitative estimate of drug-likeness (QED) is 0.675. The van der Waals surface area contributed by atoms with Gasteiger partial charge in [0.25, 0.3) is 0 Å². The van der Waals surface area contributed by atoms with Crippen LogP contribution in [0.15, 0.2) is 77.9 Å². The van der Waals surface area contributed by atoms with E-state index in [0.717, 1.165) is 24.2 Å². The Morgan fingerprint density at radius 3 is 2.56 bits per heavy atom. The second kappa shape index (κ2) is 5.78. The van der Waals surface area contributed by atoms with Crippen molar-refractivity contribution in [2.24, 2.45) is 4.99 Å².